The summed E-state index contributed by atoms with van der Waals surface area (Å²) in [5.74, 6) is 0.765. The van der Waals surface area contributed by atoms with Crippen LogP contribution in [0.3, 0.4) is 0 Å². The normalized spacial score (nSPS) is 12.7. The average molecular weight is 204 g/mol. The third kappa shape index (κ3) is 1.76. The molecule has 1 unspecified atom stereocenters. The van der Waals surface area contributed by atoms with E-state index >= 15 is 0 Å². The molecular weight excluding hydrogens is 190 g/mol. The van der Waals surface area contributed by atoms with Crippen LogP contribution in [0, 0.1) is 0 Å². The fraction of sp³-hybridized carbons (Fsp3) is 0.273. The van der Waals surface area contributed by atoms with Crippen LogP contribution in [0.1, 0.15) is 17.5 Å². The summed E-state index contributed by atoms with van der Waals surface area (Å²) in [5.41, 5.74) is 0.872. The first-order valence-electron chi connectivity index (χ1n) is 4.80. The largest absolute Gasteiger partial charge is 0.377 e. The second-order valence-electron chi connectivity index (χ2n) is 3.54. The fourth-order valence-corrected chi connectivity index (χ4v) is 1.66. The van der Waals surface area contributed by atoms with E-state index in [9.17, 15) is 5.11 Å². The van der Waals surface area contributed by atoms with Crippen LogP contribution in [-0.2, 0) is 14.1 Å². The zero-order valence-corrected chi connectivity index (χ0v) is 8.83. The lowest BCUT2D eigenvalue weighted by Crippen LogP contribution is -2.34. The Hall–Kier alpha value is -1.68. The Morgan fingerprint density at radius 2 is 2.00 bits per heavy atom. The molecule has 2 aromatic rings. The lowest BCUT2D eigenvalue weighted by molar-refractivity contribution is -0.683. The molecule has 0 saturated heterocycles. The lowest BCUT2D eigenvalue weighted by Gasteiger charge is -2.07. The second-order valence-corrected chi connectivity index (χ2v) is 3.54. The van der Waals surface area contributed by atoms with Crippen LogP contribution in [-0.4, -0.2) is 14.9 Å². The molecular formula is C11H14N3O+. The number of rotatable bonds is 2. The van der Waals surface area contributed by atoms with Crippen molar-refractivity contribution < 1.29 is 9.67 Å². The van der Waals surface area contributed by atoms with Gasteiger partial charge in [-0.25, -0.2) is 4.57 Å². The molecule has 78 valence electrons. The molecule has 0 saturated carbocycles. The van der Waals surface area contributed by atoms with Gasteiger partial charge in [-0.05, 0) is 5.56 Å². The quantitative estimate of drug-likeness (QED) is 0.716. The number of aryl methyl sites for hydroxylation is 2. The minimum absolute atomic E-state index is 0.635. The van der Waals surface area contributed by atoms with E-state index in [0.717, 1.165) is 11.4 Å². The van der Waals surface area contributed by atoms with Gasteiger partial charge in [0.15, 0.2) is 6.10 Å². The molecule has 2 rings (SSSR count). The van der Waals surface area contributed by atoms with E-state index in [1.54, 1.807) is 11.0 Å². The molecule has 0 aliphatic heterocycles. The van der Waals surface area contributed by atoms with E-state index < -0.39 is 6.10 Å². The fourth-order valence-electron chi connectivity index (χ4n) is 1.66. The summed E-state index contributed by atoms with van der Waals surface area (Å²) >= 11 is 0. The number of aliphatic hydroxyl groups is 1. The highest BCUT2D eigenvalue weighted by Gasteiger charge is 2.23. The van der Waals surface area contributed by atoms with Crippen molar-refractivity contribution in [1.82, 2.24) is 9.78 Å². The van der Waals surface area contributed by atoms with Crippen molar-refractivity contribution in [3.63, 3.8) is 0 Å². The summed E-state index contributed by atoms with van der Waals surface area (Å²) in [5, 5.41) is 14.2. The first-order chi connectivity index (χ1) is 7.20. The van der Waals surface area contributed by atoms with E-state index in [1.807, 2.05) is 49.0 Å². The molecule has 0 aliphatic rings. The smallest absolute Gasteiger partial charge is 0.268 e. The highest BCUT2D eigenvalue weighted by atomic mass is 16.3. The van der Waals surface area contributed by atoms with Crippen molar-refractivity contribution in [3.05, 3.63) is 48.0 Å². The minimum atomic E-state index is -0.635. The molecule has 1 heterocycles. The monoisotopic (exact) mass is 204 g/mol. The second kappa shape index (κ2) is 3.82. The van der Waals surface area contributed by atoms with Crippen LogP contribution in [0.4, 0.5) is 0 Å². The third-order valence-corrected chi connectivity index (χ3v) is 2.45. The van der Waals surface area contributed by atoms with Crippen LogP contribution < -0.4 is 4.57 Å². The first-order valence-corrected chi connectivity index (χ1v) is 4.80. The van der Waals surface area contributed by atoms with Gasteiger partial charge in [-0.3, -0.25) is 0 Å². The number of benzene rings is 1. The number of nitrogens with zero attached hydrogens (tertiary/aromatic N) is 3. The lowest BCUT2D eigenvalue weighted by atomic mass is 10.1. The molecule has 1 N–H and O–H groups in total. The van der Waals surface area contributed by atoms with Crippen LogP contribution in [0.15, 0.2) is 36.7 Å². The zero-order valence-electron chi connectivity index (χ0n) is 8.83. The molecule has 4 nitrogen and oxygen atoms in total. The molecule has 1 atom stereocenters. The Balaban J connectivity index is 2.41. The van der Waals surface area contributed by atoms with Crippen molar-refractivity contribution in [2.45, 2.75) is 6.10 Å². The van der Waals surface area contributed by atoms with Gasteiger partial charge in [-0.1, -0.05) is 30.3 Å². The zero-order chi connectivity index (χ0) is 10.8. The Labute approximate surface area is 88.4 Å². The molecule has 1 aromatic carbocycles. The summed E-state index contributed by atoms with van der Waals surface area (Å²) in [6, 6.07) is 9.55. The number of aliphatic hydroxyl groups excluding tert-OH is 1. The van der Waals surface area contributed by atoms with Crippen LogP contribution in [0.2, 0.25) is 0 Å². The Bertz CT molecular complexity index is 431. The van der Waals surface area contributed by atoms with E-state index in [2.05, 4.69) is 5.10 Å². The molecule has 0 spiro atoms. The Kier molecular flexibility index (Phi) is 2.51. The number of aromatic nitrogens is 3. The van der Waals surface area contributed by atoms with Gasteiger partial charge in [0, 0.05) is 5.10 Å². The topological polar surface area (TPSA) is 41.9 Å². The van der Waals surface area contributed by atoms with Crippen molar-refractivity contribution in [3.8, 4) is 0 Å². The molecule has 0 aliphatic carbocycles. The van der Waals surface area contributed by atoms with Crippen molar-refractivity contribution in [1.29, 1.82) is 0 Å². The number of hydrogen-bond donors (Lipinski definition) is 1. The maximum Gasteiger partial charge on any atom is 0.268 e. The summed E-state index contributed by atoms with van der Waals surface area (Å²) in [6.45, 7) is 0. The predicted octanol–water partition coefficient (Wildman–Crippen LogP) is 0.326. The SMILES string of the molecule is Cn1nc[n+](C)c1C(O)c1ccccc1. The average Bonchev–Trinajstić information content (AvgIpc) is 2.59. The van der Waals surface area contributed by atoms with E-state index in [1.165, 1.54) is 0 Å². The van der Waals surface area contributed by atoms with E-state index in [0.29, 0.717) is 0 Å². The molecule has 0 bridgehead atoms. The molecule has 0 amide bonds. The van der Waals surface area contributed by atoms with Crippen LogP contribution in [0.5, 0.6) is 0 Å². The van der Waals surface area contributed by atoms with Crippen molar-refractivity contribution >= 4 is 0 Å². The van der Waals surface area contributed by atoms with Gasteiger partial charge in [-0.15, -0.1) is 4.68 Å². The summed E-state index contributed by atoms with van der Waals surface area (Å²) in [4.78, 5) is 0. The number of hydrogen-bond acceptors (Lipinski definition) is 2. The highest BCUT2D eigenvalue weighted by molar-refractivity contribution is 5.21. The van der Waals surface area contributed by atoms with E-state index in [-0.39, 0.29) is 0 Å². The molecule has 0 fully saturated rings. The molecule has 4 heteroatoms. The first kappa shape index (κ1) is 9.86. The van der Waals surface area contributed by atoms with E-state index in [4.69, 9.17) is 0 Å². The van der Waals surface area contributed by atoms with Gasteiger partial charge in [0.25, 0.3) is 12.2 Å². The van der Waals surface area contributed by atoms with Gasteiger partial charge in [0.1, 0.15) is 0 Å². The van der Waals surface area contributed by atoms with Crippen molar-refractivity contribution in [2.75, 3.05) is 0 Å². The van der Waals surface area contributed by atoms with Crippen LogP contribution in [0.25, 0.3) is 0 Å². The Morgan fingerprint density at radius 1 is 1.33 bits per heavy atom. The third-order valence-electron chi connectivity index (χ3n) is 2.45. The predicted molar refractivity (Wildman–Crippen MR) is 54.9 cm³/mol. The van der Waals surface area contributed by atoms with Gasteiger partial charge < -0.3 is 5.11 Å². The summed E-state index contributed by atoms with van der Waals surface area (Å²) < 4.78 is 3.50. The van der Waals surface area contributed by atoms with Gasteiger partial charge >= 0.3 is 0 Å². The maximum atomic E-state index is 10.2. The summed E-state index contributed by atoms with van der Waals surface area (Å²) in [6.07, 6.45) is 1.05. The molecule has 15 heavy (non-hydrogen) atoms. The highest BCUT2D eigenvalue weighted by Crippen LogP contribution is 2.17. The summed E-state index contributed by atoms with van der Waals surface area (Å²) in [7, 11) is 3.69. The molecule has 0 radical (unpaired) electrons. The maximum absolute atomic E-state index is 10.2. The van der Waals surface area contributed by atoms with Crippen LogP contribution >= 0.6 is 0 Å². The molecule has 1 aromatic heterocycles. The van der Waals surface area contributed by atoms with Gasteiger partial charge in [0.05, 0.1) is 14.1 Å². The standard InChI is InChI=1S/C11H14N3O/c1-13-8-12-14(2)11(13)10(15)9-6-4-3-5-7-9/h3-8,10,15H,1-2H3/q+1. The van der Waals surface area contributed by atoms with Crippen molar-refractivity contribution in [2.24, 2.45) is 14.1 Å². The van der Waals surface area contributed by atoms with Gasteiger partial charge in [-0.2, -0.15) is 0 Å². The minimum Gasteiger partial charge on any atom is -0.377 e. The Morgan fingerprint density at radius 3 is 2.53 bits per heavy atom. The van der Waals surface area contributed by atoms with Gasteiger partial charge in [0.2, 0.25) is 0 Å².